The maximum absolute atomic E-state index is 12.9. The number of alkyl halides is 3. The largest absolute Gasteiger partial charge is 0.416 e. The van der Waals surface area contributed by atoms with Gasteiger partial charge in [-0.25, -0.2) is 0 Å². The van der Waals surface area contributed by atoms with Crippen LogP contribution < -0.4 is 4.90 Å². The highest BCUT2D eigenvalue weighted by molar-refractivity contribution is 5.97. The van der Waals surface area contributed by atoms with E-state index in [2.05, 4.69) is 11.3 Å². The number of amides is 1. The van der Waals surface area contributed by atoms with Crippen molar-refractivity contribution in [2.45, 2.75) is 12.2 Å². The maximum Gasteiger partial charge on any atom is 0.416 e. The van der Waals surface area contributed by atoms with Gasteiger partial charge in [0, 0.05) is 37.8 Å². The van der Waals surface area contributed by atoms with Gasteiger partial charge in [0.1, 0.15) is 6.04 Å². The monoisotopic (exact) mass is 391 g/mol. The van der Waals surface area contributed by atoms with Crippen molar-refractivity contribution < 1.29 is 22.5 Å². The number of rotatable bonds is 2. The van der Waals surface area contributed by atoms with Gasteiger partial charge in [-0.2, -0.15) is 18.4 Å². The van der Waals surface area contributed by atoms with Crippen molar-refractivity contribution in [3.8, 4) is 17.5 Å². The summed E-state index contributed by atoms with van der Waals surface area (Å²) in [5.41, 5.74) is -0.556. The molecule has 3 heterocycles. The van der Waals surface area contributed by atoms with Crippen molar-refractivity contribution in [2.75, 3.05) is 37.6 Å². The van der Waals surface area contributed by atoms with Crippen LogP contribution in [0.25, 0.3) is 11.3 Å². The van der Waals surface area contributed by atoms with Gasteiger partial charge < -0.3 is 9.42 Å². The van der Waals surface area contributed by atoms with Crippen LogP contribution in [0.2, 0.25) is 0 Å². The lowest BCUT2D eigenvalue weighted by molar-refractivity contribution is -0.137. The molecular formula is C18H16F3N5O2. The first-order chi connectivity index (χ1) is 13.4. The smallest absolute Gasteiger partial charge is 0.354 e. The van der Waals surface area contributed by atoms with Crippen LogP contribution >= 0.6 is 0 Å². The van der Waals surface area contributed by atoms with Crippen molar-refractivity contribution in [1.29, 1.82) is 5.26 Å². The third kappa shape index (κ3) is 3.29. The summed E-state index contributed by atoms with van der Waals surface area (Å²) < 4.78 is 44.0. The van der Waals surface area contributed by atoms with Crippen molar-refractivity contribution in [1.82, 2.24) is 15.0 Å². The molecule has 0 bridgehead atoms. The van der Waals surface area contributed by atoms with Crippen LogP contribution in [0.1, 0.15) is 5.56 Å². The summed E-state index contributed by atoms with van der Waals surface area (Å²) in [6.07, 6.45) is -2.39. The minimum absolute atomic E-state index is 0.152. The van der Waals surface area contributed by atoms with E-state index in [0.29, 0.717) is 32.7 Å². The van der Waals surface area contributed by atoms with Crippen molar-refractivity contribution >= 4 is 11.7 Å². The second kappa shape index (κ2) is 6.83. The topological polar surface area (TPSA) is 76.6 Å². The Hall–Kier alpha value is -3.06. The van der Waals surface area contributed by atoms with Crippen molar-refractivity contribution in [3.05, 3.63) is 35.9 Å². The molecule has 4 rings (SSSR count). The zero-order chi connectivity index (χ0) is 19.9. The molecule has 0 saturated carbocycles. The number of piperazine rings is 2. The summed E-state index contributed by atoms with van der Waals surface area (Å²) >= 11 is 0. The Morgan fingerprint density at radius 1 is 1.18 bits per heavy atom. The number of nitriles is 1. The number of carbonyl (C=O) groups excluding carboxylic acids is 1. The van der Waals surface area contributed by atoms with Gasteiger partial charge in [0.15, 0.2) is 17.8 Å². The third-order valence-corrected chi connectivity index (χ3v) is 5.04. The molecule has 0 aliphatic carbocycles. The van der Waals surface area contributed by atoms with Gasteiger partial charge in [0.2, 0.25) is 5.91 Å². The molecule has 1 atom stereocenters. The van der Waals surface area contributed by atoms with E-state index in [1.165, 1.54) is 23.1 Å². The van der Waals surface area contributed by atoms with E-state index in [4.69, 9.17) is 9.78 Å². The molecule has 10 heteroatoms. The molecule has 2 aliphatic heterocycles. The number of fused-ring (bicyclic) bond motifs is 1. The third-order valence-electron chi connectivity index (χ3n) is 5.04. The number of aromatic nitrogens is 1. The van der Waals surface area contributed by atoms with Crippen molar-refractivity contribution in [3.63, 3.8) is 0 Å². The van der Waals surface area contributed by atoms with E-state index in [1.807, 2.05) is 4.90 Å². The average Bonchev–Trinajstić information content (AvgIpc) is 3.17. The first-order valence-corrected chi connectivity index (χ1v) is 8.71. The SMILES string of the molecule is N#CN1CCN2CCN(c3cc(-c4cccc(C(F)(F)F)c4)on3)C(=O)[C@H]2C1. The highest BCUT2D eigenvalue weighted by Crippen LogP contribution is 2.33. The first kappa shape index (κ1) is 18.3. The van der Waals surface area contributed by atoms with E-state index in [-0.39, 0.29) is 23.0 Å². The van der Waals surface area contributed by atoms with Crippen LogP contribution in [0.4, 0.5) is 19.0 Å². The summed E-state index contributed by atoms with van der Waals surface area (Å²) in [6, 6.07) is 5.77. The number of carbonyl (C=O) groups is 1. The molecule has 7 nitrogen and oxygen atoms in total. The zero-order valence-corrected chi connectivity index (χ0v) is 14.7. The number of halogens is 3. The number of nitrogens with zero attached hydrogens (tertiary/aromatic N) is 5. The van der Waals surface area contributed by atoms with Crippen LogP contribution in [-0.4, -0.2) is 59.6 Å². The molecule has 0 radical (unpaired) electrons. The summed E-state index contributed by atoms with van der Waals surface area (Å²) in [6.45, 7) is 2.55. The molecule has 0 spiro atoms. The lowest BCUT2D eigenvalue weighted by atomic mass is 10.1. The molecule has 1 amide bonds. The molecule has 0 unspecified atom stereocenters. The predicted molar refractivity (Wildman–Crippen MR) is 91.8 cm³/mol. The fourth-order valence-corrected chi connectivity index (χ4v) is 3.54. The van der Waals surface area contributed by atoms with E-state index < -0.39 is 17.8 Å². The summed E-state index contributed by atoms with van der Waals surface area (Å²) in [7, 11) is 0. The Balaban J connectivity index is 1.56. The molecular weight excluding hydrogens is 375 g/mol. The molecule has 146 valence electrons. The van der Waals surface area contributed by atoms with Gasteiger partial charge in [0.05, 0.1) is 12.1 Å². The molecule has 28 heavy (non-hydrogen) atoms. The first-order valence-electron chi connectivity index (χ1n) is 8.71. The Morgan fingerprint density at radius 3 is 2.71 bits per heavy atom. The van der Waals surface area contributed by atoms with Gasteiger partial charge >= 0.3 is 6.18 Å². The van der Waals surface area contributed by atoms with Crippen molar-refractivity contribution in [2.24, 2.45) is 0 Å². The van der Waals surface area contributed by atoms with Crippen LogP contribution in [0.5, 0.6) is 0 Å². The molecule has 0 N–H and O–H groups in total. The quantitative estimate of drug-likeness (QED) is 0.731. The van der Waals surface area contributed by atoms with Gasteiger partial charge in [-0.05, 0) is 12.1 Å². The maximum atomic E-state index is 12.9. The molecule has 2 fully saturated rings. The molecule has 2 aliphatic rings. The van der Waals surface area contributed by atoms with Crippen LogP contribution in [0.3, 0.4) is 0 Å². The van der Waals surface area contributed by atoms with E-state index in [1.54, 1.807) is 4.90 Å². The van der Waals surface area contributed by atoms with Crippen LogP contribution in [0, 0.1) is 11.5 Å². The Kier molecular flexibility index (Phi) is 4.47. The van der Waals surface area contributed by atoms with Gasteiger partial charge in [-0.1, -0.05) is 17.3 Å². The lowest BCUT2D eigenvalue weighted by Gasteiger charge is -2.44. The average molecular weight is 391 g/mol. The molecule has 1 aromatic carbocycles. The van der Waals surface area contributed by atoms with Gasteiger partial charge in [-0.15, -0.1) is 0 Å². The van der Waals surface area contributed by atoms with Crippen LogP contribution in [-0.2, 0) is 11.0 Å². The highest BCUT2D eigenvalue weighted by Gasteiger charge is 2.40. The van der Waals surface area contributed by atoms with E-state index >= 15 is 0 Å². The highest BCUT2D eigenvalue weighted by atomic mass is 19.4. The minimum Gasteiger partial charge on any atom is -0.354 e. The molecule has 2 aromatic rings. The number of hydrogen-bond acceptors (Lipinski definition) is 6. The normalized spacial score (nSPS) is 20.8. The Labute approximate surface area is 158 Å². The molecule has 1 aromatic heterocycles. The zero-order valence-electron chi connectivity index (χ0n) is 14.7. The van der Waals surface area contributed by atoms with Crippen LogP contribution in [0.15, 0.2) is 34.9 Å². The summed E-state index contributed by atoms with van der Waals surface area (Å²) in [5, 5.41) is 13.0. The van der Waals surface area contributed by atoms with E-state index in [9.17, 15) is 18.0 Å². The van der Waals surface area contributed by atoms with Gasteiger partial charge in [0.25, 0.3) is 0 Å². The summed E-state index contributed by atoms with van der Waals surface area (Å²) in [4.78, 5) is 17.9. The standard InChI is InChI=1S/C18H16F3N5O2/c19-18(20,21)13-3-1-2-12(8-13)15-9-16(23-28-15)26-7-6-25-5-4-24(11-22)10-14(25)17(26)27/h1-3,8-9,14H,4-7,10H2/t14-/m1/s1. The fourth-order valence-electron chi connectivity index (χ4n) is 3.54. The molecule has 2 saturated heterocycles. The second-order valence-electron chi connectivity index (χ2n) is 6.72. The Bertz CT molecular complexity index is 936. The minimum atomic E-state index is -4.46. The van der Waals surface area contributed by atoms with E-state index in [0.717, 1.165) is 12.1 Å². The summed E-state index contributed by atoms with van der Waals surface area (Å²) in [5.74, 6) is 0.208. The second-order valence-corrected chi connectivity index (χ2v) is 6.72. The Morgan fingerprint density at radius 2 is 1.96 bits per heavy atom. The number of hydrogen-bond donors (Lipinski definition) is 0. The van der Waals surface area contributed by atoms with Gasteiger partial charge in [-0.3, -0.25) is 14.6 Å². The fraction of sp³-hybridized carbons (Fsp3) is 0.389. The number of benzene rings is 1. The predicted octanol–water partition coefficient (Wildman–Crippen LogP) is 2.17. The lowest BCUT2D eigenvalue weighted by Crippen LogP contribution is -2.64. The number of anilines is 1.